The molecule has 16 nitrogen and oxygen atoms in total. The summed E-state index contributed by atoms with van der Waals surface area (Å²) in [7, 11) is 0. The van der Waals surface area contributed by atoms with E-state index in [1.807, 2.05) is 6.26 Å². The molecule has 17 heteroatoms. The van der Waals surface area contributed by atoms with Crippen molar-refractivity contribution >= 4 is 47.3 Å². The van der Waals surface area contributed by atoms with Gasteiger partial charge in [-0.15, -0.1) is 0 Å². The first-order chi connectivity index (χ1) is 18.4. The number of primary amides is 1. The SMILES string of the molecule is CSCCC(NC(=O)C(N)Cc1cnc[nH]1)C(=O)NC(CCC(N)=O)C(=O)NC(CCCN=C(N)N)C(=O)O. The van der Waals surface area contributed by atoms with E-state index in [2.05, 4.69) is 30.9 Å². The molecule has 0 aromatic carbocycles. The molecule has 1 aromatic rings. The maximum Gasteiger partial charge on any atom is 0.326 e. The molecule has 1 rings (SSSR count). The number of aliphatic imine (C=N–C) groups is 1. The summed E-state index contributed by atoms with van der Waals surface area (Å²) in [6, 6.07) is -4.61. The molecule has 0 saturated carbocycles. The van der Waals surface area contributed by atoms with E-state index in [0.717, 1.165) is 0 Å². The number of hydrogen-bond donors (Lipinski definition) is 9. The first-order valence-electron chi connectivity index (χ1n) is 12.1. The number of guanidine groups is 1. The van der Waals surface area contributed by atoms with Crippen LogP contribution in [-0.4, -0.2) is 93.4 Å². The van der Waals surface area contributed by atoms with Gasteiger partial charge in [0.15, 0.2) is 5.96 Å². The van der Waals surface area contributed by atoms with E-state index in [1.165, 1.54) is 24.3 Å². The monoisotopic (exact) mass is 570 g/mol. The molecule has 218 valence electrons. The highest BCUT2D eigenvalue weighted by atomic mass is 32.2. The quantitative estimate of drug-likeness (QED) is 0.0455. The number of nitrogens with one attached hydrogen (secondary N) is 4. The van der Waals surface area contributed by atoms with Gasteiger partial charge in [0, 0.05) is 31.3 Å². The summed E-state index contributed by atoms with van der Waals surface area (Å²) in [5.41, 5.74) is 22.3. The summed E-state index contributed by atoms with van der Waals surface area (Å²) in [5, 5.41) is 17.0. The minimum atomic E-state index is -1.30. The van der Waals surface area contributed by atoms with Crippen LogP contribution in [0.4, 0.5) is 0 Å². The molecule has 4 atom stereocenters. The lowest BCUT2D eigenvalue weighted by Crippen LogP contribution is -2.57. The summed E-state index contributed by atoms with van der Waals surface area (Å²) in [5.74, 6) is -3.78. The molecule has 0 radical (unpaired) electrons. The smallest absolute Gasteiger partial charge is 0.326 e. The van der Waals surface area contributed by atoms with Gasteiger partial charge in [-0.2, -0.15) is 11.8 Å². The van der Waals surface area contributed by atoms with Crippen molar-refractivity contribution in [3.05, 3.63) is 18.2 Å². The second-order valence-corrected chi connectivity index (χ2v) is 9.63. The highest BCUT2D eigenvalue weighted by Gasteiger charge is 2.30. The fourth-order valence-corrected chi connectivity index (χ4v) is 3.84. The van der Waals surface area contributed by atoms with E-state index < -0.39 is 53.8 Å². The van der Waals surface area contributed by atoms with Crippen LogP contribution in [0, 0.1) is 0 Å². The van der Waals surface area contributed by atoms with Crippen molar-refractivity contribution in [1.82, 2.24) is 25.9 Å². The average Bonchev–Trinajstić information content (AvgIpc) is 3.38. The third-order valence-corrected chi connectivity index (χ3v) is 6.09. The summed E-state index contributed by atoms with van der Waals surface area (Å²) < 4.78 is 0. The zero-order valence-electron chi connectivity index (χ0n) is 21.7. The lowest BCUT2D eigenvalue weighted by atomic mass is 10.1. The Bertz CT molecular complexity index is 986. The Morgan fingerprint density at radius 3 is 2.15 bits per heavy atom. The van der Waals surface area contributed by atoms with Crippen molar-refractivity contribution in [2.24, 2.45) is 27.9 Å². The number of carboxylic acid groups (broad SMARTS) is 1. The molecule has 0 aliphatic heterocycles. The number of hydrogen-bond acceptors (Lipinski definition) is 9. The maximum absolute atomic E-state index is 13.1. The van der Waals surface area contributed by atoms with Crippen LogP contribution >= 0.6 is 11.8 Å². The number of thioether (sulfide) groups is 1. The first-order valence-corrected chi connectivity index (χ1v) is 13.5. The number of amides is 4. The van der Waals surface area contributed by atoms with Gasteiger partial charge in [0.1, 0.15) is 18.1 Å². The Morgan fingerprint density at radius 1 is 1.00 bits per heavy atom. The first kappa shape index (κ1) is 33.2. The fourth-order valence-electron chi connectivity index (χ4n) is 3.37. The molecular weight excluding hydrogens is 532 g/mol. The largest absolute Gasteiger partial charge is 0.480 e. The van der Waals surface area contributed by atoms with Crippen molar-refractivity contribution in [3.8, 4) is 0 Å². The van der Waals surface area contributed by atoms with Gasteiger partial charge in [0.2, 0.25) is 23.6 Å². The number of aromatic nitrogens is 2. The molecule has 0 fully saturated rings. The standard InChI is InChI=1S/C22H38N10O6S/c1-39-8-6-15(30-18(34)13(23)9-12-10-27-11-29-12)20(36)31-14(4-5-17(24)33)19(35)32-16(21(37)38)3-2-7-28-22(25)26/h10-11,13-16H,2-9,23H2,1H3,(H2,24,33)(H,27,29)(H,30,34)(H,31,36)(H,32,35)(H,37,38)(H4,25,26,28). The Balaban J connectivity index is 2.93. The van der Waals surface area contributed by atoms with Crippen LogP contribution in [0.3, 0.4) is 0 Å². The molecule has 1 aromatic heterocycles. The lowest BCUT2D eigenvalue weighted by Gasteiger charge is -2.25. The van der Waals surface area contributed by atoms with Crippen LogP contribution in [0.2, 0.25) is 0 Å². The van der Waals surface area contributed by atoms with Gasteiger partial charge in [0.05, 0.1) is 12.4 Å². The summed E-state index contributed by atoms with van der Waals surface area (Å²) in [6.45, 7) is 0.156. The van der Waals surface area contributed by atoms with Crippen LogP contribution < -0.4 is 38.9 Å². The van der Waals surface area contributed by atoms with Gasteiger partial charge in [-0.25, -0.2) is 9.78 Å². The summed E-state index contributed by atoms with van der Waals surface area (Å²) in [6.07, 6.45) is 5.01. The van der Waals surface area contributed by atoms with Crippen molar-refractivity contribution in [2.45, 2.75) is 62.7 Å². The number of nitrogens with zero attached hydrogens (tertiary/aromatic N) is 2. The number of rotatable bonds is 19. The van der Waals surface area contributed by atoms with Crippen molar-refractivity contribution in [1.29, 1.82) is 0 Å². The third-order valence-electron chi connectivity index (χ3n) is 5.45. The molecular formula is C22H38N10O6S. The van der Waals surface area contributed by atoms with E-state index in [9.17, 15) is 29.1 Å². The van der Waals surface area contributed by atoms with Gasteiger partial charge in [-0.05, 0) is 37.7 Å². The second kappa shape index (κ2) is 17.6. The molecule has 0 saturated heterocycles. The minimum absolute atomic E-state index is 0.00889. The van der Waals surface area contributed by atoms with Gasteiger partial charge >= 0.3 is 5.97 Å². The van der Waals surface area contributed by atoms with E-state index in [-0.39, 0.29) is 51.0 Å². The van der Waals surface area contributed by atoms with Crippen molar-refractivity contribution in [3.63, 3.8) is 0 Å². The fraction of sp³-hybridized carbons (Fsp3) is 0.591. The Morgan fingerprint density at radius 2 is 1.62 bits per heavy atom. The number of carbonyl (C=O) groups is 5. The molecule has 39 heavy (non-hydrogen) atoms. The number of nitrogens with two attached hydrogens (primary N) is 4. The van der Waals surface area contributed by atoms with Crippen molar-refractivity contribution in [2.75, 3.05) is 18.6 Å². The molecule has 0 aliphatic carbocycles. The highest BCUT2D eigenvalue weighted by molar-refractivity contribution is 7.98. The van der Waals surface area contributed by atoms with Gasteiger partial charge in [-0.1, -0.05) is 0 Å². The van der Waals surface area contributed by atoms with E-state index >= 15 is 0 Å². The van der Waals surface area contributed by atoms with Crippen LogP contribution in [-0.2, 0) is 30.4 Å². The highest BCUT2D eigenvalue weighted by Crippen LogP contribution is 2.07. The molecule has 4 amide bonds. The maximum atomic E-state index is 13.1. The van der Waals surface area contributed by atoms with Crippen LogP contribution in [0.25, 0.3) is 0 Å². The molecule has 4 unspecified atom stereocenters. The number of H-pyrrole nitrogens is 1. The zero-order chi connectivity index (χ0) is 29.4. The third kappa shape index (κ3) is 13.5. The Labute approximate surface area is 229 Å². The van der Waals surface area contributed by atoms with Crippen LogP contribution in [0.15, 0.2) is 17.5 Å². The van der Waals surface area contributed by atoms with Gasteiger partial charge < -0.3 is 49.0 Å². The Kier molecular flexibility index (Phi) is 15.0. The second-order valence-electron chi connectivity index (χ2n) is 8.64. The average molecular weight is 571 g/mol. The lowest BCUT2D eigenvalue weighted by molar-refractivity contribution is -0.142. The minimum Gasteiger partial charge on any atom is -0.480 e. The molecule has 0 bridgehead atoms. The molecule has 1 heterocycles. The van der Waals surface area contributed by atoms with Gasteiger partial charge in [0.25, 0.3) is 0 Å². The normalized spacial score (nSPS) is 13.8. The summed E-state index contributed by atoms with van der Waals surface area (Å²) >= 11 is 1.44. The van der Waals surface area contributed by atoms with E-state index in [1.54, 1.807) is 0 Å². The number of imidazole rings is 1. The van der Waals surface area contributed by atoms with E-state index in [4.69, 9.17) is 22.9 Å². The number of carboxylic acids is 1. The molecule has 0 spiro atoms. The predicted molar refractivity (Wildman–Crippen MR) is 145 cm³/mol. The number of aromatic amines is 1. The number of aliphatic carboxylic acids is 1. The van der Waals surface area contributed by atoms with Crippen LogP contribution in [0.5, 0.6) is 0 Å². The van der Waals surface area contributed by atoms with Crippen molar-refractivity contribution < 1.29 is 29.1 Å². The topological polar surface area (TPSA) is 287 Å². The van der Waals surface area contributed by atoms with E-state index in [0.29, 0.717) is 11.4 Å². The molecule has 0 aliphatic rings. The van der Waals surface area contributed by atoms with Crippen LogP contribution in [0.1, 0.15) is 37.8 Å². The number of carbonyl (C=O) groups excluding carboxylic acids is 4. The van der Waals surface area contributed by atoms with Gasteiger partial charge in [-0.3, -0.25) is 24.2 Å². The molecule has 13 N–H and O–H groups in total. The summed E-state index contributed by atoms with van der Waals surface area (Å²) in [4.78, 5) is 72.3. The Hall–Kier alpha value is -3.86. The zero-order valence-corrected chi connectivity index (χ0v) is 22.5. The predicted octanol–water partition coefficient (Wildman–Crippen LogP) is -3.11.